The summed E-state index contributed by atoms with van der Waals surface area (Å²) in [4.78, 5) is 32.8. The van der Waals surface area contributed by atoms with Crippen molar-refractivity contribution in [3.63, 3.8) is 0 Å². The van der Waals surface area contributed by atoms with Gasteiger partial charge < -0.3 is 10.2 Å². The number of fused-ring (bicyclic) bond motifs is 1. The van der Waals surface area contributed by atoms with Gasteiger partial charge in [-0.2, -0.15) is 0 Å². The van der Waals surface area contributed by atoms with Crippen LogP contribution in [-0.4, -0.2) is 23.9 Å². The van der Waals surface area contributed by atoms with Crippen molar-refractivity contribution in [1.82, 2.24) is 5.32 Å². The second-order valence-electron chi connectivity index (χ2n) is 8.67. The van der Waals surface area contributed by atoms with Gasteiger partial charge in [0.1, 0.15) is 5.71 Å². The zero-order valence-corrected chi connectivity index (χ0v) is 19.4. The summed E-state index contributed by atoms with van der Waals surface area (Å²) in [7, 11) is 0. The normalized spacial score (nSPS) is 24.7. The van der Waals surface area contributed by atoms with Crippen LogP contribution in [0.15, 0.2) is 23.4 Å². The van der Waals surface area contributed by atoms with Crippen molar-refractivity contribution in [2.75, 3.05) is 6.54 Å². The van der Waals surface area contributed by atoms with E-state index in [-0.39, 0.29) is 24.0 Å². The molecule has 2 atom stereocenters. The Hall–Kier alpha value is -1.89. The summed E-state index contributed by atoms with van der Waals surface area (Å²) < 4.78 is 0. The lowest BCUT2D eigenvalue weighted by Gasteiger charge is -2.22. The summed E-state index contributed by atoms with van der Waals surface area (Å²) in [6.45, 7) is 2.63. The SMILES string of the molecule is CC1(c2cc(Cl)cc(Cl)c2)CC(c2sc(C(=O)CC3CCNC3=O)c3c2CCC3)=NO1. The van der Waals surface area contributed by atoms with Gasteiger partial charge in [-0.25, -0.2) is 0 Å². The van der Waals surface area contributed by atoms with Gasteiger partial charge in [-0.3, -0.25) is 9.59 Å². The van der Waals surface area contributed by atoms with Gasteiger partial charge in [-0.15, -0.1) is 11.3 Å². The molecule has 1 fully saturated rings. The number of ketones is 1. The lowest BCUT2D eigenvalue weighted by molar-refractivity contribution is -0.122. The minimum Gasteiger partial charge on any atom is -0.384 e. The second kappa shape index (κ2) is 7.91. The Balaban J connectivity index is 1.42. The van der Waals surface area contributed by atoms with Gasteiger partial charge in [0.05, 0.1) is 9.75 Å². The standard InChI is InChI=1S/C23H22Cl2N2O3S/c1-23(13-8-14(24)10-15(25)9-13)11-18(27-30-23)20-16-3-2-4-17(16)21(31-20)19(28)7-12-5-6-26-22(12)29/h8-10,12H,2-7,11H2,1H3,(H,26,29). The summed E-state index contributed by atoms with van der Waals surface area (Å²) in [5.41, 5.74) is 3.44. The molecule has 2 aliphatic heterocycles. The summed E-state index contributed by atoms with van der Waals surface area (Å²) >= 11 is 13.9. The maximum atomic E-state index is 13.1. The molecule has 31 heavy (non-hydrogen) atoms. The van der Waals surface area contributed by atoms with Crippen LogP contribution >= 0.6 is 34.5 Å². The van der Waals surface area contributed by atoms with E-state index in [4.69, 9.17) is 28.0 Å². The van der Waals surface area contributed by atoms with Gasteiger partial charge in [0.15, 0.2) is 11.4 Å². The highest BCUT2D eigenvalue weighted by Crippen LogP contribution is 2.43. The predicted octanol–water partition coefficient (Wildman–Crippen LogP) is 5.29. The summed E-state index contributed by atoms with van der Waals surface area (Å²) in [5, 5.41) is 8.36. The van der Waals surface area contributed by atoms with E-state index < -0.39 is 5.60 Å². The number of hydrogen-bond acceptors (Lipinski definition) is 5. The van der Waals surface area contributed by atoms with E-state index in [9.17, 15) is 9.59 Å². The molecule has 3 heterocycles. The first-order valence-electron chi connectivity index (χ1n) is 10.5. The Morgan fingerprint density at radius 2 is 2.00 bits per heavy atom. The molecule has 1 aromatic carbocycles. The van der Waals surface area contributed by atoms with Crippen LogP contribution in [-0.2, 0) is 28.1 Å². The molecule has 1 amide bonds. The Labute approximate surface area is 194 Å². The number of thiophene rings is 1. The van der Waals surface area contributed by atoms with Gasteiger partial charge in [0.2, 0.25) is 5.91 Å². The maximum absolute atomic E-state index is 13.1. The molecule has 1 N–H and O–H groups in total. The molecule has 1 aliphatic carbocycles. The van der Waals surface area contributed by atoms with E-state index in [1.807, 2.05) is 19.1 Å². The van der Waals surface area contributed by atoms with Crippen molar-refractivity contribution < 1.29 is 14.4 Å². The molecule has 0 saturated carbocycles. The monoisotopic (exact) mass is 476 g/mol. The number of nitrogens with zero attached hydrogens (tertiary/aromatic N) is 1. The molecule has 2 aromatic rings. The van der Waals surface area contributed by atoms with Crippen molar-refractivity contribution in [1.29, 1.82) is 0 Å². The Morgan fingerprint density at radius 1 is 1.26 bits per heavy atom. The topological polar surface area (TPSA) is 67.8 Å². The van der Waals surface area contributed by atoms with Gasteiger partial charge >= 0.3 is 0 Å². The van der Waals surface area contributed by atoms with Crippen LogP contribution in [0.2, 0.25) is 10.0 Å². The number of benzene rings is 1. The number of oxime groups is 1. The average molecular weight is 477 g/mol. The van der Waals surface area contributed by atoms with E-state index >= 15 is 0 Å². The fraction of sp³-hybridized carbons (Fsp3) is 0.435. The summed E-state index contributed by atoms with van der Waals surface area (Å²) in [6.07, 6.45) is 4.46. The van der Waals surface area contributed by atoms with Gasteiger partial charge in [-0.05, 0) is 61.9 Å². The highest BCUT2D eigenvalue weighted by molar-refractivity contribution is 7.16. The van der Waals surface area contributed by atoms with Crippen molar-refractivity contribution in [2.24, 2.45) is 11.1 Å². The molecule has 5 rings (SSSR count). The molecule has 0 radical (unpaired) electrons. The number of rotatable bonds is 5. The van der Waals surface area contributed by atoms with Crippen molar-refractivity contribution in [2.45, 2.75) is 51.0 Å². The zero-order valence-electron chi connectivity index (χ0n) is 17.1. The lowest BCUT2D eigenvalue weighted by atomic mass is 9.90. The largest absolute Gasteiger partial charge is 0.384 e. The Morgan fingerprint density at radius 3 is 2.71 bits per heavy atom. The molecule has 1 aromatic heterocycles. The highest BCUT2D eigenvalue weighted by Gasteiger charge is 2.40. The molecular formula is C23H22Cl2N2O3S. The van der Waals surface area contributed by atoms with Crippen LogP contribution in [0.4, 0.5) is 0 Å². The minimum absolute atomic E-state index is 0.00806. The van der Waals surface area contributed by atoms with E-state index in [1.165, 1.54) is 16.9 Å². The highest BCUT2D eigenvalue weighted by atomic mass is 35.5. The predicted molar refractivity (Wildman–Crippen MR) is 122 cm³/mol. The number of carbonyl (C=O) groups excluding carboxylic acids is 2. The lowest BCUT2D eigenvalue weighted by Crippen LogP contribution is -2.22. The van der Waals surface area contributed by atoms with Crippen molar-refractivity contribution in [3.8, 4) is 0 Å². The van der Waals surface area contributed by atoms with Crippen LogP contribution in [0.5, 0.6) is 0 Å². The summed E-state index contributed by atoms with van der Waals surface area (Å²) in [5.74, 6) is -0.148. The fourth-order valence-electron chi connectivity index (χ4n) is 4.76. The van der Waals surface area contributed by atoms with Crippen LogP contribution in [0.3, 0.4) is 0 Å². The average Bonchev–Trinajstić information content (AvgIpc) is 3.47. The minimum atomic E-state index is -0.661. The van der Waals surface area contributed by atoms with Crippen LogP contribution < -0.4 is 5.32 Å². The number of amides is 1. The third kappa shape index (κ3) is 3.79. The molecule has 0 spiro atoms. The van der Waals surface area contributed by atoms with Gasteiger partial charge in [-0.1, -0.05) is 28.4 Å². The number of halogens is 2. The molecule has 1 saturated heterocycles. The fourth-order valence-corrected chi connectivity index (χ4v) is 6.61. The molecule has 5 nitrogen and oxygen atoms in total. The first-order valence-corrected chi connectivity index (χ1v) is 12.1. The summed E-state index contributed by atoms with van der Waals surface area (Å²) in [6, 6.07) is 5.40. The van der Waals surface area contributed by atoms with E-state index in [0.29, 0.717) is 23.0 Å². The van der Waals surface area contributed by atoms with Crippen LogP contribution in [0.1, 0.15) is 63.8 Å². The van der Waals surface area contributed by atoms with E-state index in [1.54, 1.807) is 6.07 Å². The second-order valence-corrected chi connectivity index (χ2v) is 10.6. The quantitative estimate of drug-likeness (QED) is 0.595. The van der Waals surface area contributed by atoms with Gasteiger partial charge in [0, 0.05) is 40.9 Å². The number of carbonyl (C=O) groups is 2. The van der Waals surface area contributed by atoms with Crippen molar-refractivity contribution in [3.05, 3.63) is 54.7 Å². The molecule has 0 bridgehead atoms. The first kappa shape index (κ1) is 21.0. The first-order chi connectivity index (χ1) is 14.8. The molecular weight excluding hydrogens is 455 g/mol. The Bertz CT molecular complexity index is 1110. The molecule has 162 valence electrons. The third-order valence-electron chi connectivity index (χ3n) is 6.42. The van der Waals surface area contributed by atoms with E-state index in [2.05, 4.69) is 10.5 Å². The van der Waals surface area contributed by atoms with Crippen LogP contribution in [0.25, 0.3) is 0 Å². The van der Waals surface area contributed by atoms with Crippen molar-refractivity contribution >= 4 is 51.9 Å². The van der Waals surface area contributed by atoms with Gasteiger partial charge in [0.25, 0.3) is 0 Å². The third-order valence-corrected chi connectivity index (χ3v) is 8.22. The zero-order chi connectivity index (χ0) is 21.8. The Kier molecular flexibility index (Phi) is 5.35. The number of hydrogen-bond donors (Lipinski definition) is 1. The smallest absolute Gasteiger partial charge is 0.223 e. The molecule has 3 aliphatic rings. The van der Waals surface area contributed by atoms with Crippen LogP contribution in [0, 0.1) is 5.92 Å². The van der Waals surface area contributed by atoms with E-state index in [0.717, 1.165) is 52.3 Å². The number of Topliss-reactive ketones (excluding diaryl/α,β-unsaturated/α-hetero) is 1. The molecule has 8 heteroatoms. The molecule has 2 unspecified atom stereocenters. The number of nitrogens with one attached hydrogen (secondary N) is 1. The maximum Gasteiger partial charge on any atom is 0.223 e.